The van der Waals surface area contributed by atoms with Gasteiger partial charge in [0.05, 0.1) is 0 Å². The van der Waals surface area contributed by atoms with Crippen LogP contribution in [-0.4, -0.2) is 30.4 Å². The van der Waals surface area contributed by atoms with Crippen LogP contribution < -0.4 is 5.32 Å². The summed E-state index contributed by atoms with van der Waals surface area (Å²) in [7, 11) is 1.81. The molecule has 0 saturated carbocycles. The molecule has 1 aromatic carbocycles. The normalized spacial score (nSPS) is 10.8. The van der Waals surface area contributed by atoms with Crippen LogP contribution in [0.5, 0.6) is 0 Å². The molecule has 19 heavy (non-hydrogen) atoms. The lowest BCUT2D eigenvalue weighted by Crippen LogP contribution is -2.37. The fourth-order valence-electron chi connectivity index (χ4n) is 1.78. The smallest absolute Gasteiger partial charge is 0.224 e. The predicted octanol–water partition coefficient (Wildman–Crippen LogP) is 2.93. The molecule has 0 aliphatic carbocycles. The molecule has 1 aromatic rings. The number of carbonyl (C=O) groups is 1. The lowest BCUT2D eigenvalue weighted by atomic mass is 10.1. The number of hydrogen-bond acceptors (Lipinski definition) is 2. The van der Waals surface area contributed by atoms with Crippen LogP contribution in [0.1, 0.15) is 25.8 Å². The molecule has 5 heteroatoms. The summed E-state index contributed by atoms with van der Waals surface area (Å²) in [6, 6.07) is 4.83. The fraction of sp³-hybridized carbons (Fsp3) is 0.500. The first-order chi connectivity index (χ1) is 8.95. The molecule has 0 aromatic heterocycles. The highest BCUT2D eigenvalue weighted by Gasteiger charge is 2.18. The molecule has 0 aliphatic heterocycles. The molecule has 0 fully saturated rings. The maximum atomic E-state index is 13.7. The minimum Gasteiger partial charge on any atom is -0.336 e. The topological polar surface area (TPSA) is 32.3 Å². The molecule has 3 nitrogen and oxygen atoms in total. The number of hydrogen-bond donors (Lipinski definition) is 1. The van der Waals surface area contributed by atoms with Crippen molar-refractivity contribution >= 4 is 21.8 Å². The summed E-state index contributed by atoms with van der Waals surface area (Å²) in [6.07, 6.45) is 0.421. The SMILES string of the molecule is CNCCC(=O)N(Cc1cc(Br)ccc1F)C(C)C. The zero-order valence-corrected chi connectivity index (χ0v) is 13.1. The molecule has 0 spiro atoms. The van der Waals surface area contributed by atoms with Crippen LogP contribution in [0.4, 0.5) is 4.39 Å². The first-order valence-corrected chi connectivity index (χ1v) is 7.13. The van der Waals surface area contributed by atoms with Gasteiger partial charge in [0.25, 0.3) is 0 Å². The van der Waals surface area contributed by atoms with Crippen LogP contribution in [0, 0.1) is 5.82 Å². The molecule has 0 aliphatic rings. The molecule has 0 saturated heterocycles. The number of halogens is 2. The van der Waals surface area contributed by atoms with E-state index in [4.69, 9.17) is 0 Å². The van der Waals surface area contributed by atoms with E-state index in [-0.39, 0.29) is 17.8 Å². The van der Waals surface area contributed by atoms with Crippen molar-refractivity contribution in [3.63, 3.8) is 0 Å². The summed E-state index contributed by atoms with van der Waals surface area (Å²) in [4.78, 5) is 13.8. The van der Waals surface area contributed by atoms with Crippen LogP contribution in [0.2, 0.25) is 0 Å². The standard InChI is InChI=1S/C14H20BrFN2O/c1-10(2)18(14(19)6-7-17-3)9-11-8-12(15)4-5-13(11)16/h4-5,8,10,17H,6-7,9H2,1-3H3. The zero-order valence-electron chi connectivity index (χ0n) is 11.5. The first-order valence-electron chi connectivity index (χ1n) is 6.33. The first kappa shape index (κ1) is 16.1. The van der Waals surface area contributed by atoms with Crippen LogP contribution in [-0.2, 0) is 11.3 Å². The molecule has 0 radical (unpaired) electrons. The molecule has 1 amide bonds. The summed E-state index contributed by atoms with van der Waals surface area (Å²) in [5.41, 5.74) is 0.529. The van der Waals surface area contributed by atoms with Gasteiger partial charge in [-0.1, -0.05) is 15.9 Å². The van der Waals surface area contributed by atoms with E-state index < -0.39 is 0 Å². The molecule has 1 N–H and O–H groups in total. The Kier molecular flexibility index (Phi) is 6.45. The third-order valence-electron chi connectivity index (χ3n) is 2.88. The van der Waals surface area contributed by atoms with Crippen LogP contribution in [0.15, 0.2) is 22.7 Å². The van der Waals surface area contributed by atoms with Crippen molar-refractivity contribution in [3.05, 3.63) is 34.1 Å². The Morgan fingerprint density at radius 3 is 2.74 bits per heavy atom. The van der Waals surface area contributed by atoms with Crippen molar-refractivity contribution in [2.45, 2.75) is 32.9 Å². The maximum absolute atomic E-state index is 13.7. The van der Waals surface area contributed by atoms with Gasteiger partial charge in [0.1, 0.15) is 5.82 Å². The van der Waals surface area contributed by atoms with E-state index in [1.165, 1.54) is 6.07 Å². The van der Waals surface area contributed by atoms with Gasteiger partial charge in [0.15, 0.2) is 0 Å². The summed E-state index contributed by atoms with van der Waals surface area (Å²) in [6.45, 7) is 4.80. The van der Waals surface area contributed by atoms with Crippen molar-refractivity contribution < 1.29 is 9.18 Å². The number of nitrogens with zero attached hydrogens (tertiary/aromatic N) is 1. The Balaban J connectivity index is 2.83. The molecular weight excluding hydrogens is 311 g/mol. The minimum atomic E-state index is -0.282. The number of benzene rings is 1. The summed E-state index contributed by atoms with van der Waals surface area (Å²) in [5, 5.41) is 2.95. The van der Waals surface area contributed by atoms with Crippen LogP contribution in [0.25, 0.3) is 0 Å². The van der Waals surface area contributed by atoms with E-state index in [0.29, 0.717) is 25.1 Å². The largest absolute Gasteiger partial charge is 0.336 e. The van der Waals surface area contributed by atoms with E-state index in [2.05, 4.69) is 21.2 Å². The zero-order chi connectivity index (χ0) is 14.4. The van der Waals surface area contributed by atoms with Crippen LogP contribution >= 0.6 is 15.9 Å². The van der Waals surface area contributed by atoms with Crippen molar-refractivity contribution in [3.8, 4) is 0 Å². The third-order valence-corrected chi connectivity index (χ3v) is 3.37. The highest BCUT2D eigenvalue weighted by atomic mass is 79.9. The second-order valence-electron chi connectivity index (χ2n) is 4.70. The second-order valence-corrected chi connectivity index (χ2v) is 5.62. The monoisotopic (exact) mass is 330 g/mol. The van der Waals surface area contributed by atoms with Gasteiger partial charge in [-0.15, -0.1) is 0 Å². The third kappa shape index (κ3) is 4.91. The Morgan fingerprint density at radius 2 is 2.16 bits per heavy atom. The lowest BCUT2D eigenvalue weighted by Gasteiger charge is -2.27. The van der Waals surface area contributed by atoms with Gasteiger partial charge in [-0.25, -0.2) is 4.39 Å². The van der Waals surface area contributed by atoms with Gasteiger partial charge in [-0.3, -0.25) is 4.79 Å². The quantitative estimate of drug-likeness (QED) is 0.869. The van der Waals surface area contributed by atoms with Crippen molar-refractivity contribution in [2.24, 2.45) is 0 Å². The Bertz CT molecular complexity index is 437. The molecule has 0 bridgehead atoms. The highest BCUT2D eigenvalue weighted by molar-refractivity contribution is 9.10. The van der Waals surface area contributed by atoms with Gasteiger partial charge in [0.2, 0.25) is 5.91 Å². The van der Waals surface area contributed by atoms with Gasteiger partial charge in [0, 0.05) is 35.6 Å². The molecule has 106 valence electrons. The summed E-state index contributed by atoms with van der Waals surface area (Å²) >= 11 is 3.32. The maximum Gasteiger partial charge on any atom is 0.224 e. The van der Waals surface area contributed by atoms with Gasteiger partial charge in [-0.2, -0.15) is 0 Å². The molecule has 0 heterocycles. The number of amides is 1. The Hall–Kier alpha value is -0.940. The summed E-state index contributed by atoms with van der Waals surface area (Å²) < 4.78 is 14.6. The van der Waals surface area contributed by atoms with E-state index in [1.54, 1.807) is 24.1 Å². The Morgan fingerprint density at radius 1 is 1.47 bits per heavy atom. The van der Waals surface area contributed by atoms with E-state index in [0.717, 1.165) is 4.47 Å². The van der Waals surface area contributed by atoms with E-state index >= 15 is 0 Å². The molecule has 0 atom stereocenters. The van der Waals surface area contributed by atoms with Crippen molar-refractivity contribution in [1.29, 1.82) is 0 Å². The van der Waals surface area contributed by atoms with Crippen molar-refractivity contribution in [2.75, 3.05) is 13.6 Å². The Labute approximate surface area is 122 Å². The number of rotatable bonds is 6. The molecule has 0 unspecified atom stereocenters. The number of nitrogens with one attached hydrogen (secondary N) is 1. The van der Waals surface area contributed by atoms with Gasteiger partial charge >= 0.3 is 0 Å². The molecular formula is C14H20BrFN2O. The van der Waals surface area contributed by atoms with E-state index in [9.17, 15) is 9.18 Å². The minimum absolute atomic E-state index is 0.0312. The fourth-order valence-corrected chi connectivity index (χ4v) is 2.19. The lowest BCUT2D eigenvalue weighted by molar-refractivity contribution is -0.133. The molecule has 1 rings (SSSR count). The van der Waals surface area contributed by atoms with Gasteiger partial charge in [-0.05, 0) is 39.1 Å². The average Bonchev–Trinajstić information content (AvgIpc) is 2.36. The highest BCUT2D eigenvalue weighted by Crippen LogP contribution is 2.18. The van der Waals surface area contributed by atoms with Crippen LogP contribution in [0.3, 0.4) is 0 Å². The number of carbonyl (C=O) groups excluding carboxylic acids is 1. The summed E-state index contributed by atoms with van der Waals surface area (Å²) in [5.74, 6) is -0.251. The second kappa shape index (κ2) is 7.60. The van der Waals surface area contributed by atoms with E-state index in [1.807, 2.05) is 13.8 Å². The van der Waals surface area contributed by atoms with Crippen molar-refractivity contribution in [1.82, 2.24) is 10.2 Å². The van der Waals surface area contributed by atoms with Gasteiger partial charge < -0.3 is 10.2 Å². The average molecular weight is 331 g/mol. The predicted molar refractivity (Wildman–Crippen MR) is 78.3 cm³/mol.